The Morgan fingerprint density at radius 3 is 2.00 bits per heavy atom. The van der Waals surface area contributed by atoms with E-state index in [0.29, 0.717) is 6.42 Å². The normalized spacial score (nSPS) is 25.8. The minimum absolute atomic E-state index is 0.0513. The van der Waals surface area contributed by atoms with Crippen LogP contribution in [0.2, 0.25) is 0 Å². The van der Waals surface area contributed by atoms with E-state index in [-0.39, 0.29) is 19.0 Å². The zero-order chi connectivity index (χ0) is 18.2. The molecule has 0 aliphatic carbocycles. The van der Waals surface area contributed by atoms with E-state index in [0.717, 1.165) is 4.90 Å². The molecule has 0 spiro atoms. The molecule has 23 heavy (non-hydrogen) atoms. The highest BCUT2D eigenvalue weighted by atomic mass is 19.3. The highest BCUT2D eigenvalue weighted by Crippen LogP contribution is 2.38. The quantitative estimate of drug-likeness (QED) is 0.861. The molecule has 134 valence electrons. The maximum atomic E-state index is 13.9. The largest absolute Gasteiger partial charge is 0.465 e. The summed E-state index contributed by atoms with van der Waals surface area (Å²) in [6.45, 7) is 9.63. The van der Waals surface area contributed by atoms with Gasteiger partial charge in [0.15, 0.2) is 0 Å². The van der Waals surface area contributed by atoms with Gasteiger partial charge in [0.2, 0.25) is 5.91 Å². The van der Waals surface area contributed by atoms with Gasteiger partial charge in [-0.1, -0.05) is 20.8 Å². The Labute approximate surface area is 136 Å². The fraction of sp³-hybridized carbons (Fsp3) is 0.875. The van der Waals surface area contributed by atoms with Gasteiger partial charge in [-0.2, -0.15) is 0 Å². The first-order chi connectivity index (χ1) is 10.3. The fourth-order valence-electron chi connectivity index (χ4n) is 3.21. The van der Waals surface area contributed by atoms with Crippen molar-refractivity contribution in [2.75, 3.05) is 13.1 Å². The van der Waals surface area contributed by atoms with Gasteiger partial charge in [-0.05, 0) is 27.2 Å². The number of likely N-dealkylation sites (tertiary alicyclic amines) is 1. The second-order valence-electron chi connectivity index (χ2n) is 7.47. The summed E-state index contributed by atoms with van der Waals surface area (Å²) in [5, 5.41) is 9.48. The van der Waals surface area contributed by atoms with Crippen LogP contribution >= 0.6 is 0 Å². The molecule has 0 unspecified atom stereocenters. The van der Waals surface area contributed by atoms with Gasteiger partial charge in [0.05, 0.1) is 0 Å². The van der Waals surface area contributed by atoms with Crippen LogP contribution in [0.1, 0.15) is 48.0 Å². The van der Waals surface area contributed by atoms with Crippen molar-refractivity contribution < 1.29 is 23.5 Å². The lowest BCUT2D eigenvalue weighted by atomic mass is 9.86. The summed E-state index contributed by atoms with van der Waals surface area (Å²) in [4.78, 5) is 26.9. The molecule has 0 radical (unpaired) electrons. The van der Waals surface area contributed by atoms with Crippen molar-refractivity contribution in [1.82, 2.24) is 9.80 Å². The Bertz CT molecular complexity index is 449. The first-order valence-corrected chi connectivity index (χ1v) is 8.02. The van der Waals surface area contributed by atoms with E-state index < -0.39 is 35.4 Å². The molecular formula is C16H28F2N2O3. The lowest BCUT2D eigenvalue weighted by Gasteiger charge is -2.45. The number of nitrogens with zero attached hydrogens (tertiary/aromatic N) is 2. The number of amides is 2. The predicted octanol–water partition coefficient (Wildman–Crippen LogP) is 3.29. The maximum absolute atomic E-state index is 13.9. The molecular weight excluding hydrogens is 306 g/mol. The molecule has 1 heterocycles. The van der Waals surface area contributed by atoms with Crippen LogP contribution in [0.15, 0.2) is 0 Å². The van der Waals surface area contributed by atoms with Gasteiger partial charge < -0.3 is 10.0 Å². The van der Waals surface area contributed by atoms with E-state index in [4.69, 9.17) is 0 Å². The average molecular weight is 334 g/mol. The van der Waals surface area contributed by atoms with Crippen LogP contribution in [0.5, 0.6) is 0 Å². The van der Waals surface area contributed by atoms with Crippen molar-refractivity contribution in [3.8, 4) is 0 Å². The van der Waals surface area contributed by atoms with Gasteiger partial charge in [-0.3, -0.25) is 9.69 Å². The lowest BCUT2D eigenvalue weighted by molar-refractivity contribution is -0.163. The molecule has 0 aromatic heterocycles. The van der Waals surface area contributed by atoms with Crippen molar-refractivity contribution in [3.05, 3.63) is 0 Å². The number of rotatable bonds is 3. The summed E-state index contributed by atoms with van der Waals surface area (Å²) in [6.07, 6.45) is -0.876. The first kappa shape index (κ1) is 19.6. The summed E-state index contributed by atoms with van der Waals surface area (Å²) in [5.74, 6) is -5.09. The van der Waals surface area contributed by atoms with Crippen LogP contribution in [-0.2, 0) is 4.79 Å². The fourth-order valence-corrected chi connectivity index (χ4v) is 3.21. The zero-order valence-electron chi connectivity index (χ0n) is 14.8. The highest BCUT2D eigenvalue weighted by Gasteiger charge is 2.49. The standard InChI is InChI=1S/C16H28F2N2O3/c1-7-12(20(14(22)23)15(4,5)6)13(21)19-8-10(2)16(17,18)11(3)9-19/h10-12H,7-9H2,1-6H3,(H,22,23)/t10-,11+,12-/m0/s1. The molecule has 0 aromatic rings. The third-order valence-electron chi connectivity index (χ3n) is 4.53. The molecule has 1 fully saturated rings. The van der Waals surface area contributed by atoms with E-state index in [1.54, 1.807) is 27.7 Å². The molecule has 1 aliphatic rings. The number of carbonyl (C=O) groups is 2. The topological polar surface area (TPSA) is 60.9 Å². The van der Waals surface area contributed by atoms with Crippen molar-refractivity contribution in [1.29, 1.82) is 0 Å². The Morgan fingerprint density at radius 2 is 1.70 bits per heavy atom. The third kappa shape index (κ3) is 3.93. The molecule has 1 N–H and O–H groups in total. The molecule has 5 nitrogen and oxygen atoms in total. The number of carbonyl (C=O) groups excluding carboxylic acids is 1. The van der Waals surface area contributed by atoms with E-state index in [9.17, 15) is 23.5 Å². The van der Waals surface area contributed by atoms with Gasteiger partial charge in [0, 0.05) is 30.5 Å². The molecule has 0 bridgehead atoms. The van der Waals surface area contributed by atoms with Crippen LogP contribution in [0.25, 0.3) is 0 Å². The number of hydrogen-bond acceptors (Lipinski definition) is 2. The Balaban J connectivity index is 3.04. The van der Waals surface area contributed by atoms with E-state index in [2.05, 4.69) is 0 Å². The highest BCUT2D eigenvalue weighted by molar-refractivity contribution is 5.85. The number of halogens is 2. The van der Waals surface area contributed by atoms with Crippen LogP contribution in [0, 0.1) is 11.8 Å². The first-order valence-electron chi connectivity index (χ1n) is 8.02. The van der Waals surface area contributed by atoms with E-state index in [1.807, 2.05) is 0 Å². The van der Waals surface area contributed by atoms with Crippen molar-refractivity contribution in [2.45, 2.75) is 65.5 Å². The van der Waals surface area contributed by atoms with Gasteiger partial charge in [-0.15, -0.1) is 0 Å². The predicted molar refractivity (Wildman–Crippen MR) is 83.6 cm³/mol. The van der Waals surface area contributed by atoms with Gasteiger partial charge in [0.1, 0.15) is 6.04 Å². The molecule has 2 amide bonds. The van der Waals surface area contributed by atoms with Gasteiger partial charge >= 0.3 is 6.09 Å². The van der Waals surface area contributed by atoms with E-state index >= 15 is 0 Å². The second kappa shape index (κ2) is 6.61. The number of carboxylic acid groups (broad SMARTS) is 1. The monoisotopic (exact) mass is 334 g/mol. The number of piperidine rings is 1. The maximum Gasteiger partial charge on any atom is 0.408 e. The second-order valence-corrected chi connectivity index (χ2v) is 7.47. The van der Waals surface area contributed by atoms with Crippen molar-refractivity contribution >= 4 is 12.0 Å². The minimum Gasteiger partial charge on any atom is -0.465 e. The summed E-state index contributed by atoms with van der Waals surface area (Å²) < 4.78 is 27.9. The van der Waals surface area contributed by atoms with Crippen molar-refractivity contribution in [2.24, 2.45) is 11.8 Å². The smallest absolute Gasteiger partial charge is 0.408 e. The van der Waals surface area contributed by atoms with Crippen LogP contribution in [-0.4, -0.2) is 57.5 Å². The van der Waals surface area contributed by atoms with Crippen molar-refractivity contribution in [3.63, 3.8) is 0 Å². The Hall–Kier alpha value is -1.40. The molecule has 1 saturated heterocycles. The minimum atomic E-state index is -2.81. The molecule has 1 aliphatic heterocycles. The van der Waals surface area contributed by atoms with Gasteiger partial charge in [-0.25, -0.2) is 13.6 Å². The number of hydrogen-bond donors (Lipinski definition) is 1. The molecule has 7 heteroatoms. The Kier molecular flexibility index (Phi) is 5.65. The third-order valence-corrected chi connectivity index (χ3v) is 4.53. The lowest BCUT2D eigenvalue weighted by Crippen LogP contribution is -2.61. The average Bonchev–Trinajstić information content (AvgIpc) is 2.39. The summed E-state index contributed by atoms with van der Waals surface area (Å²) >= 11 is 0. The summed E-state index contributed by atoms with van der Waals surface area (Å²) in [7, 11) is 0. The molecule has 0 aromatic carbocycles. The van der Waals surface area contributed by atoms with Gasteiger partial charge in [0.25, 0.3) is 5.92 Å². The Morgan fingerprint density at radius 1 is 1.26 bits per heavy atom. The molecule has 3 atom stereocenters. The summed E-state index contributed by atoms with van der Waals surface area (Å²) in [6, 6.07) is -0.862. The van der Waals surface area contributed by atoms with Crippen LogP contribution in [0.3, 0.4) is 0 Å². The van der Waals surface area contributed by atoms with Crippen LogP contribution < -0.4 is 0 Å². The molecule has 1 rings (SSSR count). The SMILES string of the molecule is CC[C@@H](C(=O)N1C[C@@H](C)C(F)(F)[C@@H](C)C1)N(C(=O)O)C(C)(C)C. The number of alkyl halides is 2. The van der Waals surface area contributed by atoms with E-state index in [1.165, 1.54) is 18.7 Å². The zero-order valence-corrected chi connectivity index (χ0v) is 14.8. The van der Waals surface area contributed by atoms with Crippen LogP contribution in [0.4, 0.5) is 13.6 Å². The molecule has 0 saturated carbocycles. The summed E-state index contributed by atoms with van der Waals surface area (Å²) in [5.41, 5.74) is -0.751.